The van der Waals surface area contributed by atoms with Gasteiger partial charge >= 0.3 is 0 Å². The van der Waals surface area contributed by atoms with Crippen LogP contribution in [0.3, 0.4) is 0 Å². The molecule has 13 aromatic carbocycles. The molecular formula is C77H53N3. The number of benzene rings is 13. The molecule has 0 saturated carbocycles. The average molecular weight is 1020 g/mol. The van der Waals surface area contributed by atoms with Crippen molar-refractivity contribution in [2.24, 2.45) is 0 Å². The van der Waals surface area contributed by atoms with Crippen molar-refractivity contribution in [1.82, 2.24) is 4.57 Å². The van der Waals surface area contributed by atoms with Crippen LogP contribution >= 0.6 is 0 Å². The van der Waals surface area contributed by atoms with Gasteiger partial charge in [0.1, 0.15) is 0 Å². The molecule has 0 spiro atoms. The van der Waals surface area contributed by atoms with Gasteiger partial charge in [-0.05, 0) is 169 Å². The van der Waals surface area contributed by atoms with Crippen LogP contribution in [0.15, 0.2) is 321 Å². The summed E-state index contributed by atoms with van der Waals surface area (Å²) in [6, 6.07) is 103. The van der Waals surface area contributed by atoms with Crippen LogP contribution in [-0.2, 0) is 5.41 Å². The fourth-order valence-corrected chi connectivity index (χ4v) is 12.5. The minimum Gasteiger partial charge on any atom is -0.310 e. The Hall–Kier alpha value is -10.5. The Morgan fingerprint density at radius 2 is 0.800 bits per heavy atom. The lowest BCUT2D eigenvalue weighted by atomic mass is 9.67. The maximum absolute atomic E-state index is 9.68. The maximum Gasteiger partial charge on any atom is 0.0714 e. The van der Waals surface area contributed by atoms with Crippen LogP contribution in [0.2, 0.25) is 0 Å². The Labute approximate surface area is 472 Å². The molecule has 1 aliphatic rings. The summed E-state index contributed by atoms with van der Waals surface area (Å²) in [5.41, 5.74) is 17.4. The van der Waals surface area contributed by atoms with Crippen molar-refractivity contribution >= 4 is 66.7 Å². The number of rotatable bonds is 11. The molecule has 0 bridgehead atoms. The summed E-state index contributed by atoms with van der Waals surface area (Å²) in [6.45, 7) is 0. The largest absolute Gasteiger partial charge is 0.310 e. The Morgan fingerprint density at radius 1 is 0.287 bits per heavy atom. The molecule has 0 unspecified atom stereocenters. The molecule has 14 aromatic rings. The van der Waals surface area contributed by atoms with Gasteiger partial charge in [0.15, 0.2) is 0 Å². The number of anilines is 6. The van der Waals surface area contributed by atoms with E-state index in [1.165, 1.54) is 33.4 Å². The molecule has 0 radical (unpaired) electrons. The molecule has 15 rings (SSSR count). The minimum absolute atomic E-state index is 0.113. The zero-order valence-corrected chi connectivity index (χ0v) is 43.6. The number of hydrogen-bond acceptors (Lipinski definition) is 2. The summed E-state index contributed by atoms with van der Waals surface area (Å²) in [7, 11) is 0. The number of fused-ring (bicyclic) bond motifs is 7. The molecule has 80 heavy (non-hydrogen) atoms. The first kappa shape index (κ1) is 42.6. The van der Waals surface area contributed by atoms with E-state index in [0.717, 1.165) is 77.8 Å². The van der Waals surface area contributed by atoms with E-state index in [-0.39, 0.29) is 35.4 Å². The van der Waals surface area contributed by atoms with Crippen molar-refractivity contribution in [2.45, 2.75) is 5.41 Å². The van der Waals surface area contributed by atoms with E-state index in [1.807, 2.05) is 95.9 Å². The van der Waals surface area contributed by atoms with Crippen molar-refractivity contribution in [3.63, 3.8) is 0 Å². The van der Waals surface area contributed by atoms with E-state index in [1.54, 1.807) is 0 Å². The van der Waals surface area contributed by atoms with Gasteiger partial charge in [-0.25, -0.2) is 0 Å². The number of hydrogen-bond donors (Lipinski definition) is 0. The summed E-state index contributed by atoms with van der Waals surface area (Å²) in [4.78, 5) is 4.22. The zero-order chi connectivity index (χ0) is 56.5. The summed E-state index contributed by atoms with van der Waals surface area (Å²) in [5.74, 6) is 0. The van der Waals surface area contributed by atoms with Gasteiger partial charge in [0.25, 0.3) is 0 Å². The third kappa shape index (κ3) is 7.82. The maximum atomic E-state index is 9.68. The van der Waals surface area contributed by atoms with E-state index < -0.39 is 5.41 Å². The second kappa shape index (κ2) is 19.5. The second-order valence-corrected chi connectivity index (χ2v) is 20.5. The van der Waals surface area contributed by atoms with Crippen molar-refractivity contribution in [3.05, 3.63) is 344 Å². The van der Waals surface area contributed by atoms with Gasteiger partial charge in [-0.3, -0.25) is 0 Å². The minimum atomic E-state index is -0.611. The van der Waals surface area contributed by atoms with E-state index in [4.69, 9.17) is 0 Å². The van der Waals surface area contributed by atoms with Gasteiger partial charge in [0, 0.05) is 50.6 Å². The van der Waals surface area contributed by atoms with Crippen LogP contribution in [0.4, 0.5) is 34.1 Å². The van der Waals surface area contributed by atoms with Crippen LogP contribution in [-0.4, -0.2) is 4.57 Å². The van der Waals surface area contributed by atoms with Crippen molar-refractivity contribution in [1.29, 1.82) is 0 Å². The summed E-state index contributed by atoms with van der Waals surface area (Å²) < 4.78 is 41.0. The van der Waals surface area contributed by atoms with E-state index in [9.17, 15) is 5.48 Å². The third-order valence-electron chi connectivity index (χ3n) is 16.1. The highest BCUT2D eigenvalue weighted by atomic mass is 15.1. The quantitative estimate of drug-likeness (QED) is 0.128. The molecule has 0 fully saturated rings. The van der Waals surface area contributed by atoms with Gasteiger partial charge in [-0.2, -0.15) is 0 Å². The number of aromatic nitrogens is 1. The Bertz CT molecular complexity index is 4770. The third-order valence-corrected chi connectivity index (χ3v) is 16.1. The molecule has 1 aliphatic carbocycles. The molecule has 0 aliphatic heterocycles. The predicted molar refractivity (Wildman–Crippen MR) is 336 cm³/mol. The molecule has 0 amide bonds. The van der Waals surface area contributed by atoms with Gasteiger partial charge in [-0.1, -0.05) is 218 Å². The first-order chi connectivity index (χ1) is 41.3. The van der Waals surface area contributed by atoms with E-state index in [0.29, 0.717) is 5.56 Å². The highest BCUT2D eigenvalue weighted by molar-refractivity contribution is 6.11. The van der Waals surface area contributed by atoms with Crippen molar-refractivity contribution in [2.75, 3.05) is 9.80 Å². The van der Waals surface area contributed by atoms with Crippen LogP contribution in [0.1, 0.15) is 27.7 Å². The fraction of sp³-hybridized carbons (Fsp3) is 0.0130. The Kier molecular flexibility index (Phi) is 10.4. The highest BCUT2D eigenvalue weighted by Gasteiger charge is 2.46. The summed E-state index contributed by atoms with van der Waals surface area (Å²) in [6.07, 6.45) is 0. The van der Waals surface area contributed by atoms with Crippen LogP contribution in [0, 0.1) is 0 Å². The monoisotopic (exact) mass is 1020 g/mol. The molecule has 376 valence electrons. The van der Waals surface area contributed by atoms with Crippen LogP contribution in [0.25, 0.3) is 71.6 Å². The second-order valence-electron chi connectivity index (χ2n) is 20.5. The molecule has 3 heteroatoms. The van der Waals surface area contributed by atoms with E-state index in [2.05, 4.69) is 216 Å². The summed E-state index contributed by atoms with van der Waals surface area (Å²) in [5, 5.41) is 4.16. The van der Waals surface area contributed by atoms with E-state index >= 15 is 0 Å². The smallest absolute Gasteiger partial charge is 0.0714 e. The van der Waals surface area contributed by atoms with Crippen LogP contribution in [0.5, 0.6) is 0 Å². The molecular weight excluding hydrogens is 967 g/mol. The summed E-state index contributed by atoms with van der Waals surface area (Å²) >= 11 is 0. The lowest BCUT2D eigenvalue weighted by Crippen LogP contribution is -2.28. The molecule has 1 aromatic heterocycles. The molecule has 0 saturated heterocycles. The van der Waals surface area contributed by atoms with Gasteiger partial charge in [0.2, 0.25) is 0 Å². The van der Waals surface area contributed by atoms with Gasteiger partial charge in [-0.15, -0.1) is 0 Å². The fourth-order valence-electron chi connectivity index (χ4n) is 12.5. The normalized spacial score (nSPS) is 13.1. The standard InChI is InChI=1S/C77H53N3/c1-6-21-54(22-7-1)56-23-20-32-65(50-56)78(62-28-12-4-13-29-62)64-42-39-55(40-43-64)57-37-38-59-51-66(44-41-58(59)49-57)79(67-46-48-76-72(52-67)71-34-17-19-36-75(71)80(76)63-30-14-5-15-31-63)68-45-47-70-69-33-16-18-35-73(69)77(74(70)53-68,60-24-8-2-9-25-60)61-26-10-3-11-27-61/h1-53H/i39D,40D,42D,43D. The first-order valence-corrected chi connectivity index (χ1v) is 27.2. The lowest BCUT2D eigenvalue weighted by molar-refractivity contribution is 0.768. The molecule has 0 atom stereocenters. The first-order valence-electron chi connectivity index (χ1n) is 29.2. The molecule has 1 heterocycles. The van der Waals surface area contributed by atoms with Gasteiger partial charge in [0.05, 0.1) is 21.9 Å². The van der Waals surface area contributed by atoms with Crippen molar-refractivity contribution < 1.29 is 5.48 Å². The molecule has 0 N–H and O–H groups in total. The highest BCUT2D eigenvalue weighted by Crippen LogP contribution is 2.57. The predicted octanol–water partition coefficient (Wildman–Crippen LogP) is 20.6. The van der Waals surface area contributed by atoms with Gasteiger partial charge < -0.3 is 14.4 Å². The average Bonchev–Trinajstić information content (AvgIpc) is 1.71. The Balaban J connectivity index is 0.892. The molecule has 3 nitrogen and oxygen atoms in total. The Morgan fingerprint density at radius 3 is 1.56 bits per heavy atom. The lowest BCUT2D eigenvalue weighted by Gasteiger charge is -2.35. The number of nitrogens with zero attached hydrogens (tertiary/aromatic N) is 3. The number of para-hydroxylation sites is 3. The zero-order valence-electron chi connectivity index (χ0n) is 47.6. The van der Waals surface area contributed by atoms with Crippen molar-refractivity contribution in [3.8, 4) is 39.1 Å². The van der Waals surface area contributed by atoms with Crippen LogP contribution < -0.4 is 9.80 Å². The SMILES string of the molecule is [2H]c1c([2H])c(N(c2ccccc2)c2cccc(-c3ccccc3)c2)c([2H])c([2H])c1-c1ccc2cc(N(c3ccc4c(c3)C(c3ccccc3)(c3ccccc3)c3ccccc3-4)c3ccc4c(c3)c3ccccc3n4-c3ccccc3)ccc2c1. The topological polar surface area (TPSA) is 11.4 Å².